The first-order chi connectivity index (χ1) is 20.8. The summed E-state index contributed by atoms with van der Waals surface area (Å²) >= 11 is 13.2. The van der Waals surface area contributed by atoms with E-state index in [0.29, 0.717) is 38.3 Å². The minimum atomic E-state index is -0.565. The number of halogens is 5. The molecule has 6 nitrogen and oxygen atoms in total. The van der Waals surface area contributed by atoms with E-state index in [1.54, 1.807) is 78.2 Å². The number of rotatable bonds is 1. The molecule has 260 valence electrons. The van der Waals surface area contributed by atoms with Crippen molar-refractivity contribution >= 4 is 73.1 Å². The zero-order chi connectivity index (χ0) is 35.3. The number of benzene rings is 2. The second kappa shape index (κ2) is 22.6. The molecule has 0 radical (unpaired) electrons. The molecule has 12 heteroatoms. The second-order valence-electron chi connectivity index (χ2n) is 11.0. The van der Waals surface area contributed by atoms with Crippen LogP contribution in [0.2, 0.25) is 0 Å². The summed E-state index contributed by atoms with van der Waals surface area (Å²) in [6, 6.07) is 9.48. The number of fused-ring (bicyclic) bond motifs is 2. The molecule has 4 rings (SSSR count). The third-order valence-electron chi connectivity index (χ3n) is 5.15. The van der Waals surface area contributed by atoms with Crippen LogP contribution in [-0.2, 0) is 35.4 Å². The topological polar surface area (TPSA) is 62.5 Å². The molecule has 2 aromatic heterocycles. The fourth-order valence-electron chi connectivity index (χ4n) is 3.54. The van der Waals surface area contributed by atoms with Crippen molar-refractivity contribution in [3.63, 3.8) is 0 Å². The first kappa shape index (κ1) is 49.4. The van der Waals surface area contributed by atoms with E-state index < -0.39 is 23.4 Å². The van der Waals surface area contributed by atoms with Crippen LogP contribution >= 0.6 is 39.1 Å². The third kappa shape index (κ3) is 16.8. The zero-order valence-corrected chi connectivity index (χ0v) is 34.5. The fraction of sp³-hybridized carbons (Fsp3) is 0.429. The molecule has 47 heavy (non-hydrogen) atoms. The van der Waals surface area contributed by atoms with Gasteiger partial charge in [-0.1, -0.05) is 14.4 Å². The van der Waals surface area contributed by atoms with Crippen molar-refractivity contribution in [2.24, 2.45) is 0 Å². The fourth-order valence-corrected chi connectivity index (χ4v) is 3.87. The summed E-state index contributed by atoms with van der Waals surface area (Å²) < 4.78 is 40.7. The van der Waals surface area contributed by atoms with E-state index in [-0.39, 0.29) is 43.4 Å². The Balaban J connectivity index is -0.000000653. The van der Waals surface area contributed by atoms with Gasteiger partial charge in [0.2, 0.25) is 0 Å². The van der Waals surface area contributed by atoms with E-state index in [1.807, 2.05) is 27.7 Å². The molecule has 0 aliphatic heterocycles. The van der Waals surface area contributed by atoms with Gasteiger partial charge >= 0.3 is 31.7 Å². The van der Waals surface area contributed by atoms with Crippen molar-refractivity contribution in [1.82, 2.24) is 9.13 Å². The Hall–Kier alpha value is -2.00. The average molecular weight is 816 g/mol. The van der Waals surface area contributed by atoms with Crippen LogP contribution < -0.4 is 0 Å². The molecular formula is C35H49BrCl2F2N2O4Zn. The zero-order valence-electron chi connectivity index (χ0n) is 28.4. The number of aryl methyl sites for hydroxylation is 1. The number of nitrogens with zero attached hydrogens (tertiary/aromatic N) is 2. The SMILES string of the molecule is C.CC(C)(C)OC(=O)n1ccc2cc(F)c(Br)cc21.CC(Cl)Cl.CCc1cc2c(ccn2C(=O)OC(C)(C)C)cc1F.[CH2-]C.[CH2-]C.[Zn+2]. The van der Waals surface area contributed by atoms with Gasteiger partial charge in [-0.05, 0) is 113 Å². The maximum absolute atomic E-state index is 13.7. The van der Waals surface area contributed by atoms with E-state index in [9.17, 15) is 18.4 Å². The molecule has 0 amide bonds. The van der Waals surface area contributed by atoms with Gasteiger partial charge in [0.25, 0.3) is 0 Å². The number of ether oxygens (including phenoxy) is 2. The normalized spacial score (nSPS) is 10.3. The van der Waals surface area contributed by atoms with E-state index in [2.05, 4.69) is 29.8 Å². The van der Waals surface area contributed by atoms with Crippen molar-refractivity contribution in [3.05, 3.63) is 84.3 Å². The maximum Gasteiger partial charge on any atom is 2.00 e. The Bertz CT molecular complexity index is 1530. The first-order valence-electron chi connectivity index (χ1n) is 14.2. The summed E-state index contributed by atoms with van der Waals surface area (Å²) in [5, 5.41) is 1.35. The molecule has 0 aliphatic carbocycles. The van der Waals surface area contributed by atoms with E-state index >= 15 is 0 Å². The van der Waals surface area contributed by atoms with Crippen molar-refractivity contribution in [1.29, 1.82) is 0 Å². The molecule has 0 aliphatic rings. The van der Waals surface area contributed by atoms with Gasteiger partial charge in [-0.25, -0.2) is 18.4 Å². The van der Waals surface area contributed by atoms with Gasteiger partial charge in [-0.2, -0.15) is 13.8 Å². The van der Waals surface area contributed by atoms with Crippen molar-refractivity contribution in [2.45, 2.75) is 99.1 Å². The predicted octanol–water partition coefficient (Wildman–Crippen LogP) is 12.6. The number of carbonyl (C=O) groups excluding carboxylic acids is 2. The third-order valence-corrected chi connectivity index (χ3v) is 5.76. The van der Waals surface area contributed by atoms with Crippen molar-refractivity contribution in [3.8, 4) is 0 Å². The summed E-state index contributed by atoms with van der Waals surface area (Å²) in [4.78, 5) is 23.8. The average Bonchev–Trinajstić information content (AvgIpc) is 3.52. The van der Waals surface area contributed by atoms with Gasteiger partial charge in [0.1, 0.15) is 27.7 Å². The minimum absolute atomic E-state index is 0. The Morgan fingerprint density at radius 3 is 1.49 bits per heavy atom. The summed E-state index contributed by atoms with van der Waals surface area (Å²) in [5.74, 6) is -0.596. The molecule has 0 spiro atoms. The van der Waals surface area contributed by atoms with Gasteiger partial charge in [0, 0.05) is 23.2 Å². The Kier molecular flexibility index (Phi) is 23.8. The summed E-state index contributed by atoms with van der Waals surface area (Å²) in [6.45, 7) is 24.4. The molecule has 0 bridgehead atoms. The molecule has 0 unspecified atom stereocenters. The van der Waals surface area contributed by atoms with E-state index in [1.165, 1.54) is 21.3 Å². The quantitative estimate of drug-likeness (QED) is 0.109. The smallest absolute Gasteiger partial charge is 0.443 e. The molecule has 2 heterocycles. The monoisotopic (exact) mass is 812 g/mol. The van der Waals surface area contributed by atoms with Gasteiger partial charge < -0.3 is 23.3 Å². The summed E-state index contributed by atoms with van der Waals surface area (Å²) in [7, 11) is 0. The van der Waals surface area contributed by atoms with Crippen LogP contribution in [-0.4, -0.2) is 37.4 Å². The number of aromatic nitrogens is 2. The largest absolute Gasteiger partial charge is 2.00 e. The number of carbonyl (C=O) groups is 2. The van der Waals surface area contributed by atoms with E-state index in [4.69, 9.17) is 32.7 Å². The predicted molar refractivity (Wildman–Crippen MR) is 194 cm³/mol. The molecule has 0 fully saturated rings. The number of hydrogen-bond acceptors (Lipinski definition) is 4. The van der Waals surface area contributed by atoms with Gasteiger partial charge in [-0.15, -0.1) is 23.2 Å². The molecule has 4 aromatic rings. The van der Waals surface area contributed by atoms with Crippen LogP contribution in [0.1, 0.15) is 82.2 Å². The Morgan fingerprint density at radius 2 is 1.15 bits per heavy atom. The van der Waals surface area contributed by atoms with Gasteiger partial charge in [0.15, 0.2) is 0 Å². The molecule has 2 aromatic carbocycles. The molecule has 0 atom stereocenters. The second-order valence-corrected chi connectivity index (χ2v) is 13.4. The van der Waals surface area contributed by atoms with Gasteiger partial charge in [-0.3, -0.25) is 9.13 Å². The number of alkyl halides is 2. The van der Waals surface area contributed by atoms with Crippen LogP contribution in [0.25, 0.3) is 21.8 Å². The van der Waals surface area contributed by atoms with Crippen molar-refractivity contribution in [2.75, 3.05) is 0 Å². The molecular weight excluding hydrogens is 767 g/mol. The summed E-state index contributed by atoms with van der Waals surface area (Å²) in [5.41, 5.74) is 0.757. The molecule has 0 saturated heterocycles. The van der Waals surface area contributed by atoms with Crippen LogP contribution in [0, 0.1) is 25.5 Å². The molecule has 0 saturated carbocycles. The minimum Gasteiger partial charge on any atom is -0.443 e. The van der Waals surface area contributed by atoms with Crippen LogP contribution in [0.15, 0.2) is 53.3 Å². The Morgan fingerprint density at radius 1 is 0.809 bits per heavy atom. The van der Waals surface area contributed by atoms with Gasteiger partial charge in [0.05, 0.1) is 15.5 Å². The van der Waals surface area contributed by atoms with Crippen LogP contribution in [0.4, 0.5) is 18.4 Å². The standard InChI is InChI=1S/C15H18FNO2.C13H13BrFNO2.C2H4Cl2.2C2H5.CH4.Zn/c1-5-10-9-13-11(8-12(10)16)6-7-17(13)14(18)19-15(2,3)4;1-13(2,3)18-12(17)16-5-4-8-6-10(15)9(14)7-11(8)16;1-2(3)4;2*1-2;;/h6-9H,5H2,1-4H3;4-7H,1-3H3;2H,1H3;2*1H2,2H3;1H4;/q;;;2*-1;;+2. The first-order valence-corrected chi connectivity index (χ1v) is 15.9. The Labute approximate surface area is 311 Å². The van der Waals surface area contributed by atoms with Crippen molar-refractivity contribution < 1.29 is 47.3 Å². The summed E-state index contributed by atoms with van der Waals surface area (Å²) in [6.07, 6.45) is 2.84. The maximum atomic E-state index is 13.7. The van der Waals surface area contributed by atoms with E-state index in [0.717, 1.165) is 0 Å². The van der Waals surface area contributed by atoms with Crippen LogP contribution in [0.3, 0.4) is 0 Å². The number of hydrogen-bond donors (Lipinski definition) is 0. The molecule has 0 N–H and O–H groups in total. The van der Waals surface area contributed by atoms with Crippen LogP contribution in [0.5, 0.6) is 0 Å².